The predicted molar refractivity (Wildman–Crippen MR) is 103 cm³/mol. The van der Waals surface area contributed by atoms with Gasteiger partial charge in [-0.3, -0.25) is 4.72 Å². The quantitative estimate of drug-likeness (QED) is 0.862. The van der Waals surface area contributed by atoms with Crippen molar-refractivity contribution in [3.05, 3.63) is 54.1 Å². The Kier molecular flexibility index (Phi) is 5.30. The number of piperidine rings is 1. The molecule has 0 bridgehead atoms. The summed E-state index contributed by atoms with van der Waals surface area (Å²) in [5.74, 6) is 0. The van der Waals surface area contributed by atoms with Crippen LogP contribution in [0.3, 0.4) is 0 Å². The zero-order valence-corrected chi connectivity index (χ0v) is 15.5. The fourth-order valence-corrected chi connectivity index (χ4v) is 4.33. The first-order valence-electron chi connectivity index (χ1n) is 8.59. The lowest BCUT2D eigenvalue weighted by atomic mass is 10.0. The van der Waals surface area contributed by atoms with E-state index >= 15 is 0 Å². The van der Waals surface area contributed by atoms with Crippen molar-refractivity contribution in [3.8, 4) is 0 Å². The summed E-state index contributed by atoms with van der Waals surface area (Å²) in [6.07, 6.45) is 2.19. The van der Waals surface area contributed by atoms with E-state index in [2.05, 4.69) is 28.9 Å². The van der Waals surface area contributed by atoms with Crippen LogP contribution >= 0.6 is 0 Å². The van der Waals surface area contributed by atoms with E-state index in [0.717, 1.165) is 37.2 Å². The van der Waals surface area contributed by atoms with Crippen molar-refractivity contribution >= 4 is 21.4 Å². The lowest BCUT2D eigenvalue weighted by Gasteiger charge is -2.34. The van der Waals surface area contributed by atoms with Gasteiger partial charge in [0.15, 0.2) is 0 Å². The molecular formula is C19H25N3O2S. The molecule has 1 fully saturated rings. The number of nitrogens with one attached hydrogen (secondary N) is 2. The van der Waals surface area contributed by atoms with Gasteiger partial charge in [-0.25, -0.2) is 8.42 Å². The topological polar surface area (TPSA) is 61.4 Å². The highest BCUT2D eigenvalue weighted by atomic mass is 32.2. The lowest BCUT2D eigenvalue weighted by Crippen LogP contribution is -2.41. The zero-order valence-electron chi connectivity index (χ0n) is 14.7. The molecule has 0 radical (unpaired) electrons. The molecular weight excluding hydrogens is 334 g/mol. The van der Waals surface area contributed by atoms with E-state index in [9.17, 15) is 8.42 Å². The Balaban J connectivity index is 1.84. The molecule has 0 amide bonds. The number of hydrogen-bond acceptors (Lipinski definition) is 4. The van der Waals surface area contributed by atoms with Crippen molar-refractivity contribution < 1.29 is 8.42 Å². The van der Waals surface area contributed by atoms with Crippen molar-refractivity contribution in [2.75, 3.05) is 29.8 Å². The minimum absolute atomic E-state index is 0.267. The second-order valence-electron chi connectivity index (χ2n) is 6.51. The Morgan fingerprint density at radius 2 is 1.76 bits per heavy atom. The molecule has 3 rings (SSSR count). The molecule has 25 heavy (non-hydrogen) atoms. The molecule has 0 unspecified atom stereocenters. The van der Waals surface area contributed by atoms with Crippen LogP contribution in [0.1, 0.15) is 18.4 Å². The molecule has 0 spiro atoms. The Morgan fingerprint density at radius 1 is 1.08 bits per heavy atom. The number of anilines is 2. The number of hydrogen-bond donors (Lipinski definition) is 2. The smallest absolute Gasteiger partial charge is 0.261 e. The second kappa shape index (κ2) is 7.45. The monoisotopic (exact) mass is 359 g/mol. The molecule has 1 saturated heterocycles. The second-order valence-corrected chi connectivity index (χ2v) is 8.19. The van der Waals surface area contributed by atoms with Crippen LogP contribution in [-0.2, 0) is 10.0 Å². The highest BCUT2D eigenvalue weighted by Crippen LogP contribution is 2.28. The summed E-state index contributed by atoms with van der Waals surface area (Å²) in [6, 6.07) is 14.6. The minimum atomic E-state index is -3.57. The maximum atomic E-state index is 12.5. The normalized spacial score (nSPS) is 15.8. The van der Waals surface area contributed by atoms with Crippen molar-refractivity contribution in [3.63, 3.8) is 0 Å². The first kappa shape index (κ1) is 17.8. The Hall–Kier alpha value is -2.05. The fraction of sp³-hybridized carbons (Fsp3) is 0.368. The van der Waals surface area contributed by atoms with Crippen molar-refractivity contribution in [1.82, 2.24) is 5.32 Å². The van der Waals surface area contributed by atoms with Crippen LogP contribution in [0.2, 0.25) is 0 Å². The molecule has 0 atom stereocenters. The zero-order chi connectivity index (χ0) is 17.9. The highest BCUT2D eigenvalue weighted by molar-refractivity contribution is 7.92. The Morgan fingerprint density at radius 3 is 2.44 bits per heavy atom. The Labute approximate surface area is 150 Å². The number of benzene rings is 2. The average Bonchev–Trinajstić information content (AvgIpc) is 2.64. The van der Waals surface area contributed by atoms with Gasteiger partial charge in [0.25, 0.3) is 10.0 Å². The average molecular weight is 359 g/mol. The maximum Gasteiger partial charge on any atom is 0.261 e. The molecule has 0 aromatic heterocycles. The van der Waals surface area contributed by atoms with Gasteiger partial charge in [-0.2, -0.15) is 0 Å². The molecule has 2 aromatic rings. The number of rotatable bonds is 5. The molecule has 5 nitrogen and oxygen atoms in total. The van der Waals surface area contributed by atoms with Crippen LogP contribution in [0.25, 0.3) is 0 Å². The maximum absolute atomic E-state index is 12.5. The van der Waals surface area contributed by atoms with E-state index in [4.69, 9.17) is 0 Å². The van der Waals surface area contributed by atoms with E-state index in [0.29, 0.717) is 11.7 Å². The Bertz CT molecular complexity index is 816. The van der Waals surface area contributed by atoms with Gasteiger partial charge < -0.3 is 10.2 Å². The summed E-state index contributed by atoms with van der Waals surface area (Å²) in [5.41, 5.74) is 2.80. The van der Waals surface area contributed by atoms with Gasteiger partial charge in [-0.05, 0) is 62.7 Å². The number of nitrogens with zero attached hydrogens (tertiary/aromatic N) is 1. The SMILES string of the molecule is Cc1ccc(NS(=O)(=O)c2ccccc2)cc1N(C)C1CCNCC1. The molecule has 1 aliphatic heterocycles. The molecule has 6 heteroatoms. The molecule has 1 heterocycles. The van der Waals surface area contributed by atoms with Crippen LogP contribution < -0.4 is 14.9 Å². The van der Waals surface area contributed by atoms with Crippen LogP contribution in [0.4, 0.5) is 11.4 Å². The van der Waals surface area contributed by atoms with Gasteiger partial charge in [-0.15, -0.1) is 0 Å². The van der Waals surface area contributed by atoms with Gasteiger partial charge in [0, 0.05) is 18.8 Å². The molecule has 2 N–H and O–H groups in total. The first-order valence-corrected chi connectivity index (χ1v) is 10.1. The largest absolute Gasteiger partial charge is 0.371 e. The van der Waals surface area contributed by atoms with Crippen molar-refractivity contribution in [2.45, 2.75) is 30.7 Å². The van der Waals surface area contributed by atoms with Crippen molar-refractivity contribution in [1.29, 1.82) is 0 Å². The number of aryl methyl sites for hydroxylation is 1. The molecule has 1 aliphatic rings. The third-order valence-corrected chi connectivity index (χ3v) is 6.15. The number of sulfonamides is 1. The summed E-state index contributed by atoms with van der Waals surface area (Å²) in [5, 5.41) is 3.38. The first-order chi connectivity index (χ1) is 12.0. The summed E-state index contributed by atoms with van der Waals surface area (Å²) in [4.78, 5) is 2.54. The molecule has 2 aromatic carbocycles. The van der Waals surface area contributed by atoms with Crippen LogP contribution in [0.15, 0.2) is 53.4 Å². The summed E-state index contributed by atoms with van der Waals surface area (Å²) in [7, 11) is -1.48. The van der Waals surface area contributed by atoms with E-state index in [1.807, 2.05) is 18.2 Å². The predicted octanol–water partition coefficient (Wildman–Crippen LogP) is 2.98. The van der Waals surface area contributed by atoms with Gasteiger partial charge in [0.2, 0.25) is 0 Å². The third-order valence-electron chi connectivity index (χ3n) is 4.75. The fourth-order valence-electron chi connectivity index (χ4n) is 3.26. The molecule has 0 aliphatic carbocycles. The molecule has 0 saturated carbocycles. The van der Waals surface area contributed by atoms with Gasteiger partial charge in [-0.1, -0.05) is 24.3 Å². The summed E-state index contributed by atoms with van der Waals surface area (Å²) >= 11 is 0. The van der Waals surface area contributed by atoms with E-state index in [-0.39, 0.29) is 4.90 Å². The van der Waals surface area contributed by atoms with Gasteiger partial charge >= 0.3 is 0 Å². The van der Waals surface area contributed by atoms with E-state index in [1.54, 1.807) is 30.3 Å². The van der Waals surface area contributed by atoms with E-state index in [1.165, 1.54) is 0 Å². The third kappa shape index (κ3) is 4.14. The van der Waals surface area contributed by atoms with Gasteiger partial charge in [0.05, 0.1) is 10.6 Å². The highest BCUT2D eigenvalue weighted by Gasteiger charge is 2.20. The lowest BCUT2D eigenvalue weighted by molar-refractivity contribution is 0.443. The summed E-state index contributed by atoms with van der Waals surface area (Å²) < 4.78 is 27.8. The van der Waals surface area contributed by atoms with Gasteiger partial charge in [0.1, 0.15) is 0 Å². The van der Waals surface area contributed by atoms with E-state index < -0.39 is 10.0 Å². The minimum Gasteiger partial charge on any atom is -0.371 e. The van der Waals surface area contributed by atoms with Crippen LogP contribution in [-0.4, -0.2) is 34.6 Å². The van der Waals surface area contributed by atoms with Crippen LogP contribution in [0, 0.1) is 6.92 Å². The summed E-state index contributed by atoms with van der Waals surface area (Å²) in [6.45, 7) is 4.10. The molecule has 134 valence electrons. The van der Waals surface area contributed by atoms with Crippen molar-refractivity contribution in [2.24, 2.45) is 0 Å². The van der Waals surface area contributed by atoms with Crippen LogP contribution in [0.5, 0.6) is 0 Å². The standard InChI is InChI=1S/C19H25N3O2S/c1-15-8-9-16(21-25(23,24)18-6-4-3-5-7-18)14-19(15)22(2)17-10-12-20-13-11-17/h3-9,14,17,20-21H,10-13H2,1-2H3.